The molecule has 3 heteroatoms. The number of aryl methyl sites for hydroxylation is 3. The van der Waals surface area contributed by atoms with Gasteiger partial charge in [-0.25, -0.2) is 0 Å². The highest BCUT2D eigenvalue weighted by Crippen LogP contribution is 2.37. The predicted octanol–water partition coefficient (Wildman–Crippen LogP) is 3.06. The van der Waals surface area contributed by atoms with Gasteiger partial charge in [-0.3, -0.25) is 9.59 Å². The summed E-state index contributed by atoms with van der Waals surface area (Å²) < 4.78 is 0. The second kappa shape index (κ2) is 5.28. The molecule has 0 radical (unpaired) electrons. The first-order valence-corrected chi connectivity index (χ1v) is 7.68. The maximum Gasteiger partial charge on any atom is 0.235 e. The molecule has 3 nitrogen and oxygen atoms in total. The molecular weight excluding hydrogens is 262 g/mol. The predicted molar refractivity (Wildman–Crippen MR) is 84.4 cm³/mol. The number of amides is 1. The van der Waals surface area contributed by atoms with E-state index < -0.39 is 11.5 Å². The van der Waals surface area contributed by atoms with Crippen molar-refractivity contribution >= 4 is 11.7 Å². The highest BCUT2D eigenvalue weighted by atomic mass is 16.2. The third kappa shape index (κ3) is 2.39. The zero-order chi connectivity index (χ0) is 15.9. The zero-order valence-corrected chi connectivity index (χ0v) is 13.8. The van der Waals surface area contributed by atoms with Gasteiger partial charge in [-0.05, 0) is 49.8 Å². The van der Waals surface area contributed by atoms with E-state index in [1.807, 2.05) is 34.6 Å². The van der Waals surface area contributed by atoms with E-state index in [0.29, 0.717) is 0 Å². The second-order valence-electron chi connectivity index (χ2n) is 6.65. The Kier molecular flexibility index (Phi) is 3.96. The summed E-state index contributed by atoms with van der Waals surface area (Å²) in [6, 6.07) is 4.15. The van der Waals surface area contributed by atoms with E-state index in [9.17, 15) is 9.59 Å². The number of benzene rings is 1. The average molecular weight is 287 g/mol. The lowest BCUT2D eigenvalue weighted by molar-refractivity contribution is -0.125. The van der Waals surface area contributed by atoms with Gasteiger partial charge in [0, 0.05) is 0 Å². The number of hydrogen-bond donors (Lipinski definition) is 1. The van der Waals surface area contributed by atoms with Gasteiger partial charge in [0.2, 0.25) is 5.91 Å². The monoisotopic (exact) mass is 287 g/mol. The molecule has 2 unspecified atom stereocenters. The molecule has 2 rings (SSSR count). The number of nitrogens with one attached hydrogen (secondary N) is 1. The SMILES string of the molecule is CCc1cc(C)cc(C)c1C1C(=O)NC(C)(C(C)C)C1=O. The molecule has 1 aliphatic rings. The van der Waals surface area contributed by atoms with Crippen molar-refractivity contribution in [2.24, 2.45) is 5.92 Å². The summed E-state index contributed by atoms with van der Waals surface area (Å²) in [6.07, 6.45) is 0.827. The molecule has 0 spiro atoms. The van der Waals surface area contributed by atoms with Crippen LogP contribution in [0.5, 0.6) is 0 Å². The van der Waals surface area contributed by atoms with Crippen LogP contribution >= 0.6 is 0 Å². The summed E-state index contributed by atoms with van der Waals surface area (Å²) in [5.41, 5.74) is 3.47. The van der Waals surface area contributed by atoms with Crippen LogP contribution in [0.15, 0.2) is 12.1 Å². The van der Waals surface area contributed by atoms with Crippen LogP contribution in [0.3, 0.4) is 0 Å². The normalized spacial score (nSPS) is 25.6. The van der Waals surface area contributed by atoms with Crippen LogP contribution in [0.4, 0.5) is 0 Å². The molecule has 1 aliphatic heterocycles. The molecule has 1 saturated heterocycles. The van der Waals surface area contributed by atoms with Crippen molar-refractivity contribution in [2.45, 2.75) is 59.4 Å². The van der Waals surface area contributed by atoms with Crippen molar-refractivity contribution in [3.05, 3.63) is 34.4 Å². The molecule has 21 heavy (non-hydrogen) atoms. The first-order valence-electron chi connectivity index (χ1n) is 7.68. The lowest BCUT2D eigenvalue weighted by Gasteiger charge is -2.27. The van der Waals surface area contributed by atoms with Crippen LogP contribution in [0, 0.1) is 19.8 Å². The lowest BCUT2D eigenvalue weighted by atomic mass is 9.78. The number of rotatable bonds is 3. The van der Waals surface area contributed by atoms with E-state index in [1.54, 1.807) is 0 Å². The Morgan fingerprint density at radius 1 is 1.24 bits per heavy atom. The minimum atomic E-state index is -0.760. The van der Waals surface area contributed by atoms with Gasteiger partial charge >= 0.3 is 0 Å². The van der Waals surface area contributed by atoms with Gasteiger partial charge in [0.25, 0.3) is 0 Å². The van der Waals surface area contributed by atoms with Crippen LogP contribution in [-0.4, -0.2) is 17.2 Å². The van der Waals surface area contributed by atoms with Crippen molar-refractivity contribution in [1.29, 1.82) is 0 Å². The van der Waals surface area contributed by atoms with Crippen LogP contribution in [0.1, 0.15) is 55.9 Å². The Bertz CT molecular complexity index is 603. The fourth-order valence-electron chi connectivity index (χ4n) is 3.27. The number of carbonyl (C=O) groups is 2. The molecule has 1 amide bonds. The van der Waals surface area contributed by atoms with Crippen molar-refractivity contribution in [2.75, 3.05) is 0 Å². The summed E-state index contributed by atoms with van der Waals surface area (Å²) in [5, 5.41) is 2.93. The summed E-state index contributed by atoms with van der Waals surface area (Å²) >= 11 is 0. The third-order valence-corrected chi connectivity index (χ3v) is 4.86. The molecule has 0 aliphatic carbocycles. The van der Waals surface area contributed by atoms with E-state index in [-0.39, 0.29) is 17.6 Å². The summed E-state index contributed by atoms with van der Waals surface area (Å²) in [5.74, 6) is -0.732. The zero-order valence-electron chi connectivity index (χ0n) is 13.8. The minimum Gasteiger partial charge on any atom is -0.343 e. The Labute approximate surface area is 127 Å². The largest absolute Gasteiger partial charge is 0.343 e. The van der Waals surface area contributed by atoms with Crippen LogP contribution in [0.25, 0.3) is 0 Å². The quantitative estimate of drug-likeness (QED) is 0.868. The smallest absolute Gasteiger partial charge is 0.235 e. The highest BCUT2D eigenvalue weighted by Gasteiger charge is 2.52. The highest BCUT2D eigenvalue weighted by molar-refractivity contribution is 6.17. The number of hydrogen-bond acceptors (Lipinski definition) is 2. The van der Waals surface area contributed by atoms with E-state index >= 15 is 0 Å². The molecule has 0 bridgehead atoms. The molecule has 0 saturated carbocycles. The standard InChI is InChI=1S/C18H25NO2/c1-7-13-9-11(4)8-12(5)14(13)15-16(20)18(6,10(2)3)19-17(15)21/h8-10,15H,7H2,1-6H3,(H,19,21). The topological polar surface area (TPSA) is 46.2 Å². The van der Waals surface area contributed by atoms with Crippen molar-refractivity contribution in [3.63, 3.8) is 0 Å². The molecule has 1 fully saturated rings. The Morgan fingerprint density at radius 3 is 2.33 bits per heavy atom. The summed E-state index contributed by atoms with van der Waals surface area (Å²) in [6.45, 7) is 11.9. The second-order valence-corrected chi connectivity index (χ2v) is 6.65. The first kappa shape index (κ1) is 15.7. The number of Topliss-reactive ketones (excluding diaryl/α,β-unsaturated/α-hetero) is 1. The number of ketones is 1. The lowest BCUT2D eigenvalue weighted by Crippen LogP contribution is -2.48. The van der Waals surface area contributed by atoms with Crippen molar-refractivity contribution < 1.29 is 9.59 Å². The fourth-order valence-corrected chi connectivity index (χ4v) is 3.27. The molecule has 1 aromatic rings. The van der Waals surface area contributed by atoms with Gasteiger partial charge in [-0.2, -0.15) is 0 Å². The fraction of sp³-hybridized carbons (Fsp3) is 0.556. The van der Waals surface area contributed by atoms with E-state index in [4.69, 9.17) is 0 Å². The van der Waals surface area contributed by atoms with Crippen LogP contribution < -0.4 is 5.32 Å². The van der Waals surface area contributed by atoms with Gasteiger partial charge < -0.3 is 5.32 Å². The summed E-state index contributed by atoms with van der Waals surface area (Å²) in [7, 11) is 0. The van der Waals surface area contributed by atoms with Gasteiger partial charge in [0.05, 0.1) is 5.54 Å². The third-order valence-electron chi connectivity index (χ3n) is 4.86. The number of carbonyl (C=O) groups excluding carboxylic acids is 2. The van der Waals surface area contributed by atoms with E-state index in [0.717, 1.165) is 23.1 Å². The van der Waals surface area contributed by atoms with Crippen molar-refractivity contribution in [3.8, 4) is 0 Å². The van der Waals surface area contributed by atoms with Crippen LogP contribution in [0.2, 0.25) is 0 Å². The van der Waals surface area contributed by atoms with E-state index in [2.05, 4.69) is 24.4 Å². The Morgan fingerprint density at radius 2 is 1.86 bits per heavy atom. The maximum atomic E-state index is 12.9. The van der Waals surface area contributed by atoms with Gasteiger partial charge in [-0.15, -0.1) is 0 Å². The van der Waals surface area contributed by atoms with Gasteiger partial charge in [0.1, 0.15) is 5.92 Å². The maximum absolute atomic E-state index is 12.9. The molecule has 1 aromatic carbocycles. The summed E-state index contributed by atoms with van der Waals surface area (Å²) in [4.78, 5) is 25.4. The molecule has 1 heterocycles. The molecule has 1 N–H and O–H groups in total. The Hall–Kier alpha value is -1.64. The van der Waals surface area contributed by atoms with Gasteiger partial charge in [-0.1, -0.05) is 38.5 Å². The minimum absolute atomic E-state index is 0.00385. The molecular formula is C18H25NO2. The van der Waals surface area contributed by atoms with Crippen molar-refractivity contribution in [1.82, 2.24) is 5.32 Å². The Balaban J connectivity index is 2.58. The first-order chi connectivity index (χ1) is 9.72. The van der Waals surface area contributed by atoms with Crippen LogP contribution in [-0.2, 0) is 16.0 Å². The molecule has 114 valence electrons. The molecule has 0 aromatic heterocycles. The molecule has 2 atom stereocenters. The average Bonchev–Trinajstić information content (AvgIpc) is 2.61. The van der Waals surface area contributed by atoms with E-state index in [1.165, 1.54) is 5.56 Å². The van der Waals surface area contributed by atoms with Gasteiger partial charge in [0.15, 0.2) is 5.78 Å².